The molecule has 0 heterocycles. The molecule has 0 saturated heterocycles. The normalized spacial score (nSPS) is 38.1. The number of ketones is 1. The summed E-state index contributed by atoms with van der Waals surface area (Å²) in [6, 6.07) is 0. The smallest absolute Gasteiger partial charge is 0.185 e. The molecule has 0 aromatic rings. The number of nitrogens with one attached hydrogen (secondary N) is 1. The van der Waals surface area contributed by atoms with Gasteiger partial charge >= 0.3 is 0 Å². The van der Waals surface area contributed by atoms with Gasteiger partial charge in [0.1, 0.15) is 5.71 Å². The lowest BCUT2D eigenvalue weighted by molar-refractivity contribution is -0.123. The van der Waals surface area contributed by atoms with Crippen molar-refractivity contribution in [2.75, 3.05) is 0 Å². The topological polar surface area (TPSA) is 67.5 Å². The second-order valence-corrected chi connectivity index (χ2v) is 5.89. The van der Waals surface area contributed by atoms with Crippen LogP contribution in [0, 0.1) is 16.7 Å². The van der Waals surface area contributed by atoms with Crippen molar-refractivity contribution >= 4 is 28.8 Å². The first-order valence-electron chi connectivity index (χ1n) is 5.48. The summed E-state index contributed by atoms with van der Waals surface area (Å²) < 4.78 is 0. The average molecular weight is 239 g/mol. The minimum absolute atomic E-state index is 0.0131. The van der Waals surface area contributed by atoms with Crippen LogP contribution in [0.3, 0.4) is 0 Å². The summed E-state index contributed by atoms with van der Waals surface area (Å²) in [6.45, 7) is 6.33. The highest BCUT2D eigenvalue weighted by molar-refractivity contribution is 7.80. The Balaban J connectivity index is 2.37. The fourth-order valence-electron chi connectivity index (χ4n) is 3.07. The van der Waals surface area contributed by atoms with Crippen LogP contribution in [0.1, 0.15) is 33.6 Å². The molecule has 2 fully saturated rings. The van der Waals surface area contributed by atoms with Crippen molar-refractivity contribution in [1.82, 2.24) is 5.43 Å². The number of rotatable bonds is 1. The number of Topliss-reactive ketones (excluding diaryl/α,β-unsaturated/α-hetero) is 1. The predicted molar refractivity (Wildman–Crippen MR) is 67.0 cm³/mol. The SMILES string of the molecule is CC1(C)[C@@H]2CC[C@@]1(C)C(=O)/C2=N/NC(N)=S. The van der Waals surface area contributed by atoms with Gasteiger partial charge in [0.15, 0.2) is 10.9 Å². The number of fused-ring (bicyclic) bond motifs is 2. The van der Waals surface area contributed by atoms with Gasteiger partial charge in [-0.3, -0.25) is 10.2 Å². The van der Waals surface area contributed by atoms with Crippen LogP contribution in [0.15, 0.2) is 5.10 Å². The molecule has 2 aliphatic rings. The Morgan fingerprint density at radius 1 is 1.56 bits per heavy atom. The highest BCUT2D eigenvalue weighted by Crippen LogP contribution is 2.62. The number of hydrazone groups is 1. The maximum absolute atomic E-state index is 12.3. The van der Waals surface area contributed by atoms with Crippen molar-refractivity contribution in [1.29, 1.82) is 0 Å². The maximum Gasteiger partial charge on any atom is 0.185 e. The van der Waals surface area contributed by atoms with Gasteiger partial charge < -0.3 is 5.73 Å². The summed E-state index contributed by atoms with van der Waals surface area (Å²) in [7, 11) is 0. The molecule has 0 aliphatic heterocycles. The molecular weight excluding hydrogens is 222 g/mol. The molecule has 2 bridgehead atoms. The second-order valence-electron chi connectivity index (χ2n) is 5.45. The molecule has 2 saturated carbocycles. The van der Waals surface area contributed by atoms with Gasteiger partial charge in [0.05, 0.1) is 0 Å². The van der Waals surface area contributed by atoms with E-state index in [4.69, 9.17) is 5.73 Å². The minimum atomic E-state index is -0.269. The van der Waals surface area contributed by atoms with E-state index in [0.29, 0.717) is 5.71 Å². The number of nitrogens with two attached hydrogens (primary N) is 1. The van der Waals surface area contributed by atoms with E-state index >= 15 is 0 Å². The third kappa shape index (κ3) is 1.24. The Hall–Kier alpha value is -0.970. The molecule has 2 aliphatic carbocycles. The fourth-order valence-corrected chi connectivity index (χ4v) is 3.12. The Kier molecular flexibility index (Phi) is 2.35. The van der Waals surface area contributed by atoms with Gasteiger partial charge in [-0.1, -0.05) is 20.8 Å². The Morgan fingerprint density at radius 3 is 2.62 bits per heavy atom. The van der Waals surface area contributed by atoms with Gasteiger partial charge in [0.25, 0.3) is 0 Å². The van der Waals surface area contributed by atoms with Crippen LogP contribution in [0.5, 0.6) is 0 Å². The largest absolute Gasteiger partial charge is 0.375 e. The van der Waals surface area contributed by atoms with Crippen LogP contribution in [-0.4, -0.2) is 16.6 Å². The zero-order chi connectivity index (χ0) is 12.1. The van der Waals surface area contributed by atoms with E-state index in [1.54, 1.807) is 0 Å². The molecule has 3 N–H and O–H groups in total. The van der Waals surface area contributed by atoms with E-state index in [2.05, 4.69) is 36.6 Å². The molecule has 5 heteroatoms. The van der Waals surface area contributed by atoms with Crippen molar-refractivity contribution in [3.8, 4) is 0 Å². The zero-order valence-corrected chi connectivity index (χ0v) is 10.6. The number of carbonyl (C=O) groups excluding carboxylic acids is 1. The number of thiocarbonyl (C=S) groups is 1. The molecule has 0 unspecified atom stereocenters. The lowest BCUT2D eigenvalue weighted by Crippen LogP contribution is -2.34. The van der Waals surface area contributed by atoms with Crippen LogP contribution in [0.25, 0.3) is 0 Å². The van der Waals surface area contributed by atoms with Gasteiger partial charge in [-0.2, -0.15) is 5.10 Å². The summed E-state index contributed by atoms with van der Waals surface area (Å²) >= 11 is 4.69. The number of nitrogens with zero attached hydrogens (tertiary/aromatic N) is 1. The summed E-state index contributed by atoms with van der Waals surface area (Å²) in [6.07, 6.45) is 1.97. The minimum Gasteiger partial charge on any atom is -0.375 e. The maximum atomic E-state index is 12.3. The summed E-state index contributed by atoms with van der Waals surface area (Å²) in [5, 5.41) is 4.18. The first-order valence-corrected chi connectivity index (χ1v) is 5.89. The molecule has 0 amide bonds. The van der Waals surface area contributed by atoms with Crippen molar-refractivity contribution < 1.29 is 4.79 Å². The standard InChI is InChI=1S/C11H17N3OS/c1-10(2)6-4-5-11(10,3)8(15)7(6)13-14-9(12)16/h6H,4-5H2,1-3H3,(H3,12,14,16)/b13-7+/t6-,11+/m1/s1. The lowest BCUT2D eigenvalue weighted by atomic mass is 9.70. The summed E-state index contributed by atoms with van der Waals surface area (Å²) in [5.74, 6) is 0.379. The van der Waals surface area contributed by atoms with E-state index in [1.165, 1.54) is 0 Å². The molecule has 0 aromatic carbocycles. The van der Waals surface area contributed by atoms with E-state index in [9.17, 15) is 4.79 Å². The first kappa shape index (κ1) is 11.5. The molecule has 2 rings (SSSR count). The van der Waals surface area contributed by atoms with Gasteiger partial charge in [0, 0.05) is 11.3 Å². The molecule has 0 spiro atoms. The average Bonchev–Trinajstić information content (AvgIpc) is 2.47. The monoisotopic (exact) mass is 239 g/mol. The van der Waals surface area contributed by atoms with Crippen LogP contribution in [0.2, 0.25) is 0 Å². The summed E-state index contributed by atoms with van der Waals surface area (Å²) in [5.41, 5.74) is 8.19. The molecule has 16 heavy (non-hydrogen) atoms. The van der Waals surface area contributed by atoms with Crippen LogP contribution in [0.4, 0.5) is 0 Å². The van der Waals surface area contributed by atoms with Crippen molar-refractivity contribution in [3.05, 3.63) is 0 Å². The fraction of sp³-hybridized carbons (Fsp3) is 0.727. The molecule has 0 aromatic heterocycles. The Labute approximate surface area is 101 Å². The molecule has 0 radical (unpaired) electrons. The predicted octanol–water partition coefficient (Wildman–Crippen LogP) is 1.20. The van der Waals surface area contributed by atoms with E-state index in [0.717, 1.165) is 12.8 Å². The molecule has 2 atom stereocenters. The third-order valence-electron chi connectivity index (χ3n) is 4.58. The lowest BCUT2D eigenvalue weighted by Gasteiger charge is -2.31. The van der Waals surface area contributed by atoms with E-state index in [-0.39, 0.29) is 27.6 Å². The number of carbonyl (C=O) groups is 1. The molecular formula is C11H17N3OS. The van der Waals surface area contributed by atoms with Gasteiger partial charge in [0.2, 0.25) is 0 Å². The van der Waals surface area contributed by atoms with Crippen LogP contribution >= 0.6 is 12.2 Å². The quantitative estimate of drug-likeness (QED) is 0.533. The molecule has 88 valence electrons. The Morgan fingerprint density at radius 2 is 2.19 bits per heavy atom. The molecule has 4 nitrogen and oxygen atoms in total. The van der Waals surface area contributed by atoms with Crippen LogP contribution in [-0.2, 0) is 4.79 Å². The zero-order valence-electron chi connectivity index (χ0n) is 9.83. The van der Waals surface area contributed by atoms with Gasteiger partial charge in [-0.25, -0.2) is 0 Å². The first-order chi connectivity index (χ1) is 7.30. The van der Waals surface area contributed by atoms with Gasteiger partial charge in [-0.05, 0) is 30.5 Å². The van der Waals surface area contributed by atoms with Crippen LogP contribution < -0.4 is 11.2 Å². The van der Waals surface area contributed by atoms with Crippen molar-refractivity contribution in [3.63, 3.8) is 0 Å². The highest BCUT2D eigenvalue weighted by atomic mass is 32.1. The van der Waals surface area contributed by atoms with Gasteiger partial charge in [-0.15, -0.1) is 0 Å². The third-order valence-corrected chi connectivity index (χ3v) is 4.67. The Bertz CT molecular complexity index is 402. The number of hydrogen-bond acceptors (Lipinski definition) is 3. The van der Waals surface area contributed by atoms with E-state index in [1.807, 2.05) is 6.92 Å². The van der Waals surface area contributed by atoms with E-state index < -0.39 is 0 Å². The second kappa shape index (κ2) is 3.26. The van der Waals surface area contributed by atoms with Crippen molar-refractivity contribution in [2.24, 2.45) is 27.6 Å². The highest BCUT2D eigenvalue weighted by Gasteiger charge is 2.65. The van der Waals surface area contributed by atoms with Crippen molar-refractivity contribution in [2.45, 2.75) is 33.6 Å². The summed E-state index contributed by atoms with van der Waals surface area (Å²) in [4.78, 5) is 12.3. The number of hydrogen-bond donors (Lipinski definition) is 2.